The Kier molecular flexibility index (Phi) is 7.15. The number of ketones is 2. The highest BCUT2D eigenvalue weighted by Gasteiger charge is 2.34. The smallest absolute Gasteiger partial charge is 0.228 e. The lowest BCUT2D eigenvalue weighted by Gasteiger charge is -2.21. The van der Waals surface area contributed by atoms with Gasteiger partial charge in [0.05, 0.1) is 14.2 Å². The Bertz CT molecular complexity index is 848. The fraction of sp³-hybridized carbons (Fsp3) is 0.409. The van der Waals surface area contributed by atoms with Crippen LogP contribution in [-0.4, -0.2) is 37.7 Å². The molecular weight excluding hydrogens is 358 g/mol. The van der Waals surface area contributed by atoms with Gasteiger partial charge in [0.1, 0.15) is 0 Å². The molecule has 0 bridgehead atoms. The van der Waals surface area contributed by atoms with Crippen LogP contribution in [0.5, 0.6) is 0 Å². The topological polar surface area (TPSA) is 81.7 Å². The number of benzene rings is 1. The van der Waals surface area contributed by atoms with E-state index in [1.165, 1.54) is 14.2 Å². The van der Waals surface area contributed by atoms with Crippen LogP contribution >= 0.6 is 0 Å². The average molecular weight is 385 g/mol. The summed E-state index contributed by atoms with van der Waals surface area (Å²) < 4.78 is 10.2. The van der Waals surface area contributed by atoms with Crippen molar-refractivity contribution in [2.24, 2.45) is 0 Å². The molecule has 0 spiro atoms. The summed E-state index contributed by atoms with van der Waals surface area (Å²) in [7, 11) is 2.69. The zero-order valence-corrected chi connectivity index (χ0v) is 17.0. The van der Waals surface area contributed by atoms with Crippen molar-refractivity contribution in [2.75, 3.05) is 14.2 Å². The van der Waals surface area contributed by atoms with E-state index >= 15 is 0 Å². The number of carbonyl (C=O) groups is 3. The normalized spacial score (nSPS) is 14.6. The highest BCUT2D eigenvalue weighted by molar-refractivity contribution is 6.23. The first-order chi connectivity index (χ1) is 13.3. The van der Waals surface area contributed by atoms with Crippen LogP contribution in [0.2, 0.25) is 0 Å². The molecule has 0 aliphatic heterocycles. The maximum Gasteiger partial charge on any atom is 0.228 e. The molecule has 0 saturated heterocycles. The summed E-state index contributed by atoms with van der Waals surface area (Å²) in [5.74, 6) is -0.834. The lowest BCUT2D eigenvalue weighted by Crippen LogP contribution is -2.30. The van der Waals surface area contributed by atoms with Crippen molar-refractivity contribution in [3.8, 4) is 0 Å². The molecule has 0 fully saturated rings. The number of methoxy groups -OCH3 is 2. The SMILES string of the molecule is COC1=C(OC)C(=O)C(Cc2ccccc2CCC(=O)NC(C)C)=C(C)C1=O. The maximum atomic E-state index is 12.8. The molecule has 1 aliphatic rings. The Balaban J connectivity index is 2.26. The molecule has 0 atom stereocenters. The van der Waals surface area contributed by atoms with Gasteiger partial charge in [-0.15, -0.1) is 0 Å². The van der Waals surface area contributed by atoms with Crippen LogP contribution in [0.4, 0.5) is 0 Å². The number of hydrogen-bond acceptors (Lipinski definition) is 5. The summed E-state index contributed by atoms with van der Waals surface area (Å²) in [4.78, 5) is 37.4. The summed E-state index contributed by atoms with van der Waals surface area (Å²) in [6, 6.07) is 7.73. The molecule has 150 valence electrons. The molecule has 28 heavy (non-hydrogen) atoms. The van der Waals surface area contributed by atoms with Gasteiger partial charge in [0.15, 0.2) is 0 Å². The molecule has 0 saturated carbocycles. The summed E-state index contributed by atoms with van der Waals surface area (Å²) in [5.41, 5.74) is 2.63. The number of aryl methyl sites for hydroxylation is 1. The van der Waals surface area contributed by atoms with Gasteiger partial charge in [-0.2, -0.15) is 0 Å². The number of ether oxygens (including phenoxy) is 2. The fourth-order valence-corrected chi connectivity index (χ4v) is 3.21. The Morgan fingerprint density at radius 2 is 1.57 bits per heavy atom. The molecule has 1 N–H and O–H groups in total. The van der Waals surface area contributed by atoms with Gasteiger partial charge in [0.25, 0.3) is 0 Å². The third-order valence-corrected chi connectivity index (χ3v) is 4.65. The predicted molar refractivity (Wildman–Crippen MR) is 106 cm³/mol. The first-order valence-corrected chi connectivity index (χ1v) is 9.27. The monoisotopic (exact) mass is 385 g/mol. The Hall–Kier alpha value is -2.89. The Morgan fingerprint density at radius 1 is 1.00 bits per heavy atom. The molecule has 0 radical (unpaired) electrons. The minimum Gasteiger partial charge on any atom is -0.489 e. The Labute approximate surface area is 165 Å². The second-order valence-electron chi connectivity index (χ2n) is 7.00. The van der Waals surface area contributed by atoms with Gasteiger partial charge in [-0.3, -0.25) is 14.4 Å². The van der Waals surface area contributed by atoms with Crippen LogP contribution in [0.3, 0.4) is 0 Å². The zero-order chi connectivity index (χ0) is 20.8. The van der Waals surface area contributed by atoms with Crippen LogP contribution < -0.4 is 5.32 Å². The average Bonchev–Trinajstić information content (AvgIpc) is 2.66. The highest BCUT2D eigenvalue weighted by Crippen LogP contribution is 2.28. The molecule has 6 heteroatoms. The van der Waals surface area contributed by atoms with Gasteiger partial charge in [-0.25, -0.2) is 0 Å². The zero-order valence-electron chi connectivity index (χ0n) is 17.0. The van der Waals surface area contributed by atoms with Gasteiger partial charge in [-0.1, -0.05) is 24.3 Å². The van der Waals surface area contributed by atoms with Crippen molar-refractivity contribution in [1.82, 2.24) is 5.32 Å². The molecule has 2 rings (SSSR count). The van der Waals surface area contributed by atoms with Crippen molar-refractivity contribution in [3.63, 3.8) is 0 Å². The largest absolute Gasteiger partial charge is 0.489 e. The fourth-order valence-electron chi connectivity index (χ4n) is 3.21. The van der Waals surface area contributed by atoms with Gasteiger partial charge in [0.2, 0.25) is 29.0 Å². The maximum absolute atomic E-state index is 12.8. The van der Waals surface area contributed by atoms with Crippen molar-refractivity contribution in [2.45, 2.75) is 46.1 Å². The lowest BCUT2D eigenvalue weighted by atomic mass is 9.87. The molecule has 0 aromatic heterocycles. The third-order valence-electron chi connectivity index (χ3n) is 4.65. The highest BCUT2D eigenvalue weighted by atomic mass is 16.5. The van der Waals surface area contributed by atoms with E-state index in [1.54, 1.807) is 6.92 Å². The first-order valence-electron chi connectivity index (χ1n) is 9.27. The van der Waals surface area contributed by atoms with Gasteiger partial charge in [0, 0.05) is 30.0 Å². The minimum atomic E-state index is -0.345. The molecule has 1 aromatic rings. The molecule has 0 heterocycles. The van der Waals surface area contributed by atoms with Crippen LogP contribution in [0.1, 0.15) is 38.3 Å². The third kappa shape index (κ3) is 4.68. The van der Waals surface area contributed by atoms with Gasteiger partial charge >= 0.3 is 0 Å². The number of carbonyl (C=O) groups excluding carboxylic acids is 3. The lowest BCUT2D eigenvalue weighted by molar-refractivity contribution is -0.121. The molecule has 1 aliphatic carbocycles. The standard InChI is InChI=1S/C22H27NO5/c1-13(2)23-18(24)11-10-15-8-6-7-9-16(15)12-17-14(3)19(25)21(27-4)22(28-5)20(17)26/h6-9,13H,10-12H2,1-5H3,(H,23,24). The number of rotatable bonds is 8. The van der Waals surface area contributed by atoms with E-state index in [1.807, 2.05) is 38.1 Å². The van der Waals surface area contributed by atoms with Gasteiger partial charge < -0.3 is 14.8 Å². The Morgan fingerprint density at radius 3 is 2.14 bits per heavy atom. The molecule has 1 aromatic carbocycles. The molecule has 6 nitrogen and oxygen atoms in total. The van der Waals surface area contributed by atoms with E-state index < -0.39 is 0 Å². The van der Waals surface area contributed by atoms with E-state index in [4.69, 9.17) is 9.47 Å². The summed E-state index contributed by atoms with van der Waals surface area (Å²) >= 11 is 0. The molecule has 1 amide bonds. The van der Waals surface area contributed by atoms with Gasteiger partial charge in [-0.05, 0) is 38.3 Å². The van der Waals surface area contributed by atoms with Crippen molar-refractivity contribution in [1.29, 1.82) is 0 Å². The second kappa shape index (κ2) is 9.35. The minimum absolute atomic E-state index is 0.0153. The van der Waals surface area contributed by atoms with E-state index in [2.05, 4.69) is 5.32 Å². The molecule has 0 unspecified atom stereocenters. The summed E-state index contributed by atoms with van der Waals surface area (Å²) in [5, 5.41) is 2.87. The predicted octanol–water partition coefficient (Wildman–Crippen LogP) is 2.66. The van der Waals surface area contributed by atoms with Crippen molar-refractivity contribution >= 4 is 17.5 Å². The van der Waals surface area contributed by atoms with E-state index in [0.29, 0.717) is 30.4 Å². The summed E-state index contributed by atoms with van der Waals surface area (Å²) in [6.45, 7) is 5.46. The van der Waals surface area contributed by atoms with Crippen LogP contribution in [0.15, 0.2) is 46.9 Å². The van der Waals surface area contributed by atoms with E-state index in [9.17, 15) is 14.4 Å². The van der Waals surface area contributed by atoms with E-state index in [0.717, 1.165) is 11.1 Å². The van der Waals surface area contributed by atoms with Crippen LogP contribution in [0.25, 0.3) is 0 Å². The van der Waals surface area contributed by atoms with Crippen molar-refractivity contribution < 1.29 is 23.9 Å². The number of nitrogens with one attached hydrogen (secondary N) is 1. The quantitative estimate of drug-likeness (QED) is 0.696. The number of hydrogen-bond donors (Lipinski definition) is 1. The van der Waals surface area contributed by atoms with Crippen molar-refractivity contribution in [3.05, 3.63) is 58.1 Å². The molecular formula is C22H27NO5. The second-order valence-corrected chi connectivity index (χ2v) is 7.00. The number of Topliss-reactive ketones (excluding diaryl/α,β-unsaturated/α-hetero) is 2. The van der Waals surface area contributed by atoms with Crippen LogP contribution in [0, 0.1) is 0 Å². The number of amides is 1. The number of allylic oxidation sites excluding steroid dienone is 2. The van der Waals surface area contributed by atoms with E-state index in [-0.39, 0.29) is 35.0 Å². The first kappa shape index (κ1) is 21.4. The van der Waals surface area contributed by atoms with Crippen LogP contribution in [-0.2, 0) is 36.7 Å². The summed E-state index contributed by atoms with van der Waals surface area (Å²) in [6.07, 6.45) is 1.21.